The number of carboxylic acid groups (broad SMARTS) is 1. The first-order valence-electron chi connectivity index (χ1n) is 5.75. The van der Waals surface area contributed by atoms with E-state index < -0.39 is 5.97 Å². The lowest BCUT2D eigenvalue weighted by Gasteiger charge is -2.34. The second kappa shape index (κ2) is 4.81. The molecule has 1 amide bonds. The van der Waals surface area contributed by atoms with Gasteiger partial charge in [-0.25, -0.2) is 4.79 Å². The van der Waals surface area contributed by atoms with Crippen LogP contribution in [-0.2, 0) is 4.74 Å². The second-order valence-corrected chi connectivity index (χ2v) is 4.44. The van der Waals surface area contributed by atoms with Crippen molar-refractivity contribution in [3.8, 4) is 0 Å². The molecule has 0 spiro atoms. The summed E-state index contributed by atoms with van der Waals surface area (Å²) in [4.78, 5) is 24.4. The van der Waals surface area contributed by atoms with Gasteiger partial charge in [-0.15, -0.1) is 0 Å². The summed E-state index contributed by atoms with van der Waals surface area (Å²) in [5.74, 6) is -1.66. The third kappa shape index (κ3) is 2.53. The molecule has 0 bridgehead atoms. The highest BCUT2D eigenvalue weighted by Crippen LogP contribution is 2.16. The van der Waals surface area contributed by atoms with Crippen molar-refractivity contribution in [2.45, 2.75) is 26.1 Å². The average molecular weight is 253 g/mol. The topological polar surface area (TPSA) is 80.0 Å². The highest BCUT2D eigenvalue weighted by Gasteiger charge is 2.28. The van der Waals surface area contributed by atoms with Gasteiger partial charge >= 0.3 is 5.97 Å². The summed E-state index contributed by atoms with van der Waals surface area (Å²) < 4.78 is 10.5. The quantitative estimate of drug-likeness (QED) is 0.857. The number of carbonyl (C=O) groups is 2. The molecule has 2 heterocycles. The zero-order chi connectivity index (χ0) is 13.3. The Morgan fingerprint density at radius 2 is 1.78 bits per heavy atom. The fraction of sp³-hybridized carbons (Fsp3) is 0.500. The van der Waals surface area contributed by atoms with Gasteiger partial charge in [0.1, 0.15) is 0 Å². The highest BCUT2D eigenvalue weighted by molar-refractivity contribution is 5.93. The van der Waals surface area contributed by atoms with Gasteiger partial charge in [0.25, 0.3) is 5.91 Å². The predicted octanol–water partition coefficient (Wildman–Crippen LogP) is 1.23. The summed E-state index contributed by atoms with van der Waals surface area (Å²) >= 11 is 0. The number of ether oxygens (including phenoxy) is 1. The molecule has 98 valence electrons. The third-order valence-electron chi connectivity index (χ3n) is 2.73. The van der Waals surface area contributed by atoms with E-state index in [1.54, 1.807) is 4.90 Å². The Hall–Kier alpha value is -1.82. The van der Waals surface area contributed by atoms with Crippen molar-refractivity contribution >= 4 is 11.9 Å². The molecule has 1 N–H and O–H groups in total. The van der Waals surface area contributed by atoms with Crippen LogP contribution in [0.1, 0.15) is 35.0 Å². The molecular weight excluding hydrogens is 238 g/mol. The lowest BCUT2D eigenvalue weighted by molar-refractivity contribution is -0.0592. The van der Waals surface area contributed by atoms with Gasteiger partial charge < -0.3 is 19.2 Å². The Kier molecular flexibility index (Phi) is 3.38. The van der Waals surface area contributed by atoms with E-state index in [0.29, 0.717) is 13.1 Å². The molecule has 6 heteroatoms. The highest BCUT2D eigenvalue weighted by atomic mass is 16.5. The first-order valence-corrected chi connectivity index (χ1v) is 5.75. The maximum absolute atomic E-state index is 12.1. The number of morpholine rings is 1. The van der Waals surface area contributed by atoms with Gasteiger partial charge in [-0.2, -0.15) is 0 Å². The molecule has 2 unspecified atom stereocenters. The Balaban J connectivity index is 2.12. The van der Waals surface area contributed by atoms with Gasteiger partial charge in [-0.3, -0.25) is 4.79 Å². The van der Waals surface area contributed by atoms with Crippen molar-refractivity contribution in [3.63, 3.8) is 0 Å². The number of furan rings is 1. The minimum atomic E-state index is -1.18. The van der Waals surface area contributed by atoms with E-state index in [4.69, 9.17) is 14.3 Å². The van der Waals surface area contributed by atoms with Gasteiger partial charge in [-0.05, 0) is 26.0 Å². The maximum atomic E-state index is 12.1. The van der Waals surface area contributed by atoms with Crippen molar-refractivity contribution in [2.75, 3.05) is 13.1 Å². The average Bonchev–Trinajstić information content (AvgIpc) is 2.75. The normalized spacial score (nSPS) is 24.0. The zero-order valence-electron chi connectivity index (χ0n) is 10.3. The van der Waals surface area contributed by atoms with Crippen LogP contribution < -0.4 is 0 Å². The zero-order valence-corrected chi connectivity index (χ0v) is 10.3. The molecule has 0 saturated carbocycles. The van der Waals surface area contributed by atoms with Crippen LogP contribution in [0.25, 0.3) is 0 Å². The van der Waals surface area contributed by atoms with Crippen LogP contribution in [0.3, 0.4) is 0 Å². The molecule has 1 aromatic rings. The van der Waals surface area contributed by atoms with Crippen LogP contribution in [0.2, 0.25) is 0 Å². The lowest BCUT2D eigenvalue weighted by Crippen LogP contribution is -2.48. The van der Waals surface area contributed by atoms with E-state index in [1.807, 2.05) is 13.8 Å². The van der Waals surface area contributed by atoms with Crippen molar-refractivity contribution in [2.24, 2.45) is 0 Å². The minimum Gasteiger partial charge on any atom is -0.475 e. The summed E-state index contributed by atoms with van der Waals surface area (Å²) in [7, 11) is 0. The van der Waals surface area contributed by atoms with Crippen LogP contribution in [-0.4, -0.2) is 47.2 Å². The molecule has 0 aromatic carbocycles. The van der Waals surface area contributed by atoms with E-state index in [1.165, 1.54) is 12.1 Å². The fourth-order valence-corrected chi connectivity index (χ4v) is 2.07. The summed E-state index contributed by atoms with van der Waals surface area (Å²) in [6, 6.07) is 2.67. The molecule has 1 aliphatic rings. The summed E-state index contributed by atoms with van der Waals surface area (Å²) in [6.07, 6.45) is -0.0711. The molecule has 1 fully saturated rings. The number of carbonyl (C=O) groups excluding carboxylic acids is 1. The Morgan fingerprint density at radius 1 is 1.22 bits per heavy atom. The Morgan fingerprint density at radius 3 is 2.28 bits per heavy atom. The molecule has 0 radical (unpaired) electrons. The maximum Gasteiger partial charge on any atom is 0.371 e. The Bertz CT molecular complexity index is 457. The van der Waals surface area contributed by atoms with Crippen molar-refractivity contribution in [1.29, 1.82) is 0 Å². The molecular formula is C12H15NO5. The van der Waals surface area contributed by atoms with Crippen LogP contribution in [0.4, 0.5) is 0 Å². The van der Waals surface area contributed by atoms with Gasteiger partial charge in [0, 0.05) is 13.1 Å². The van der Waals surface area contributed by atoms with Crippen LogP contribution in [0.15, 0.2) is 16.5 Å². The molecule has 1 aliphatic heterocycles. The van der Waals surface area contributed by atoms with Crippen molar-refractivity contribution in [1.82, 2.24) is 4.90 Å². The predicted molar refractivity (Wildman–Crippen MR) is 61.6 cm³/mol. The summed E-state index contributed by atoms with van der Waals surface area (Å²) in [5.41, 5.74) is 0. The van der Waals surface area contributed by atoms with Gasteiger partial charge in [0.05, 0.1) is 12.2 Å². The minimum absolute atomic E-state index is 0.0355. The number of carboxylic acids is 1. The van der Waals surface area contributed by atoms with E-state index in [9.17, 15) is 9.59 Å². The van der Waals surface area contributed by atoms with Crippen LogP contribution in [0.5, 0.6) is 0 Å². The molecule has 1 saturated heterocycles. The van der Waals surface area contributed by atoms with Gasteiger partial charge in [0.2, 0.25) is 5.76 Å². The third-order valence-corrected chi connectivity index (χ3v) is 2.73. The Labute approximate surface area is 104 Å². The largest absolute Gasteiger partial charge is 0.475 e. The second-order valence-electron chi connectivity index (χ2n) is 4.44. The number of rotatable bonds is 2. The first-order chi connectivity index (χ1) is 8.47. The SMILES string of the molecule is CC1CN(C(=O)c2ccc(C(=O)O)o2)CC(C)O1. The van der Waals surface area contributed by atoms with E-state index in [2.05, 4.69) is 0 Å². The fourth-order valence-electron chi connectivity index (χ4n) is 2.07. The smallest absolute Gasteiger partial charge is 0.371 e. The summed E-state index contributed by atoms with van der Waals surface area (Å²) in [5, 5.41) is 8.74. The van der Waals surface area contributed by atoms with Gasteiger partial charge in [-0.1, -0.05) is 0 Å². The van der Waals surface area contributed by atoms with Crippen molar-refractivity contribution in [3.05, 3.63) is 23.7 Å². The molecule has 0 aliphatic carbocycles. The molecule has 2 atom stereocenters. The van der Waals surface area contributed by atoms with Crippen LogP contribution in [0, 0.1) is 0 Å². The molecule has 1 aromatic heterocycles. The van der Waals surface area contributed by atoms with E-state index >= 15 is 0 Å². The van der Waals surface area contributed by atoms with Crippen LogP contribution >= 0.6 is 0 Å². The number of hydrogen-bond donors (Lipinski definition) is 1. The molecule has 2 rings (SSSR count). The number of aromatic carboxylic acids is 1. The number of amides is 1. The van der Waals surface area contributed by atoms with Gasteiger partial charge in [0.15, 0.2) is 5.76 Å². The molecule has 18 heavy (non-hydrogen) atoms. The van der Waals surface area contributed by atoms with E-state index in [-0.39, 0.29) is 29.6 Å². The lowest BCUT2D eigenvalue weighted by atomic mass is 10.2. The van der Waals surface area contributed by atoms with E-state index in [0.717, 1.165) is 0 Å². The standard InChI is InChI=1S/C12H15NO5/c1-7-5-13(6-8(2)17-7)11(14)9-3-4-10(18-9)12(15)16/h3-4,7-8H,5-6H2,1-2H3,(H,15,16). The molecule has 6 nitrogen and oxygen atoms in total. The number of nitrogens with zero attached hydrogens (tertiary/aromatic N) is 1. The monoisotopic (exact) mass is 253 g/mol. The number of hydrogen-bond acceptors (Lipinski definition) is 4. The first kappa shape index (κ1) is 12.6. The van der Waals surface area contributed by atoms with Crippen molar-refractivity contribution < 1.29 is 23.8 Å². The summed E-state index contributed by atoms with van der Waals surface area (Å²) in [6.45, 7) is 4.74.